The average molecular weight is 298 g/mol. The first-order valence-electron chi connectivity index (χ1n) is 7.84. The van der Waals surface area contributed by atoms with E-state index in [-0.39, 0.29) is 0 Å². The van der Waals surface area contributed by atoms with E-state index in [1.54, 1.807) is 7.11 Å². The molecule has 0 amide bonds. The number of aryl methyl sites for hydroxylation is 1. The van der Waals surface area contributed by atoms with E-state index in [2.05, 4.69) is 67.6 Å². The minimum atomic E-state index is 0.884. The van der Waals surface area contributed by atoms with Gasteiger partial charge in [0.25, 0.3) is 0 Å². The van der Waals surface area contributed by atoms with Gasteiger partial charge in [-0.25, -0.2) is 0 Å². The van der Waals surface area contributed by atoms with Crippen LogP contribution in [0.2, 0.25) is 0 Å². The molecule has 0 bridgehead atoms. The summed E-state index contributed by atoms with van der Waals surface area (Å²) in [7, 11) is 1.70. The van der Waals surface area contributed by atoms with Crippen LogP contribution >= 0.6 is 0 Å². The fraction of sp³-hybridized carbons (Fsp3) is 0.0909. The molecule has 0 aliphatic carbocycles. The molecule has 4 rings (SSSR count). The van der Waals surface area contributed by atoms with Crippen molar-refractivity contribution >= 4 is 21.5 Å². The highest BCUT2D eigenvalue weighted by molar-refractivity contribution is 6.14. The standard InChI is InChI=1S/C22H18O/c1-15-18-7-3-5-9-20(18)22(21-10-6-4-8-19(15)21)16-11-13-17(23-2)14-12-16/h3-14H,1-2H3. The van der Waals surface area contributed by atoms with Crippen LogP contribution in [0.1, 0.15) is 5.56 Å². The fourth-order valence-corrected chi connectivity index (χ4v) is 3.42. The van der Waals surface area contributed by atoms with E-state index in [0.29, 0.717) is 0 Å². The van der Waals surface area contributed by atoms with Crippen LogP contribution in [0.4, 0.5) is 0 Å². The topological polar surface area (TPSA) is 9.23 Å². The summed E-state index contributed by atoms with van der Waals surface area (Å²) in [6.07, 6.45) is 0. The van der Waals surface area contributed by atoms with Gasteiger partial charge in [-0.05, 0) is 57.3 Å². The summed E-state index contributed by atoms with van der Waals surface area (Å²) in [5.74, 6) is 0.884. The van der Waals surface area contributed by atoms with Gasteiger partial charge in [0.1, 0.15) is 5.75 Å². The maximum absolute atomic E-state index is 5.30. The van der Waals surface area contributed by atoms with Crippen molar-refractivity contribution in [3.8, 4) is 16.9 Å². The normalized spacial score (nSPS) is 11.0. The molecule has 1 nitrogen and oxygen atoms in total. The second-order valence-corrected chi connectivity index (χ2v) is 5.82. The van der Waals surface area contributed by atoms with Gasteiger partial charge in [-0.1, -0.05) is 60.7 Å². The largest absolute Gasteiger partial charge is 0.497 e. The van der Waals surface area contributed by atoms with Crippen molar-refractivity contribution in [2.45, 2.75) is 6.92 Å². The Kier molecular flexibility index (Phi) is 3.27. The average Bonchev–Trinajstić information content (AvgIpc) is 2.63. The van der Waals surface area contributed by atoms with Gasteiger partial charge in [-0.3, -0.25) is 0 Å². The van der Waals surface area contributed by atoms with Crippen molar-refractivity contribution in [1.29, 1.82) is 0 Å². The minimum Gasteiger partial charge on any atom is -0.497 e. The summed E-state index contributed by atoms with van der Waals surface area (Å²) in [6, 6.07) is 25.6. The molecule has 1 heteroatoms. The number of hydrogen-bond acceptors (Lipinski definition) is 1. The predicted molar refractivity (Wildman–Crippen MR) is 98.2 cm³/mol. The Morgan fingerprint density at radius 2 is 1.09 bits per heavy atom. The highest BCUT2D eigenvalue weighted by Crippen LogP contribution is 2.39. The maximum atomic E-state index is 5.30. The van der Waals surface area contributed by atoms with Crippen LogP contribution in [0.5, 0.6) is 5.75 Å². The highest BCUT2D eigenvalue weighted by atomic mass is 16.5. The van der Waals surface area contributed by atoms with Crippen LogP contribution in [-0.4, -0.2) is 7.11 Å². The van der Waals surface area contributed by atoms with E-state index in [1.807, 2.05) is 12.1 Å². The first kappa shape index (κ1) is 13.8. The third-order valence-corrected chi connectivity index (χ3v) is 4.58. The Bertz CT molecular complexity index is 940. The second kappa shape index (κ2) is 5.44. The molecule has 112 valence electrons. The summed E-state index contributed by atoms with van der Waals surface area (Å²) in [5, 5.41) is 5.23. The molecular formula is C22H18O. The smallest absolute Gasteiger partial charge is 0.118 e. The molecule has 0 radical (unpaired) electrons. The molecule has 0 unspecified atom stereocenters. The van der Waals surface area contributed by atoms with Crippen LogP contribution < -0.4 is 4.74 Å². The second-order valence-electron chi connectivity index (χ2n) is 5.82. The highest BCUT2D eigenvalue weighted by Gasteiger charge is 2.12. The van der Waals surface area contributed by atoms with Gasteiger partial charge in [-0.15, -0.1) is 0 Å². The maximum Gasteiger partial charge on any atom is 0.118 e. The monoisotopic (exact) mass is 298 g/mol. The number of fused-ring (bicyclic) bond motifs is 2. The molecule has 0 saturated carbocycles. The third kappa shape index (κ3) is 2.17. The summed E-state index contributed by atoms with van der Waals surface area (Å²) >= 11 is 0. The van der Waals surface area contributed by atoms with E-state index >= 15 is 0 Å². The third-order valence-electron chi connectivity index (χ3n) is 4.58. The molecule has 0 saturated heterocycles. The Hall–Kier alpha value is -2.80. The van der Waals surface area contributed by atoms with E-state index < -0.39 is 0 Å². The van der Waals surface area contributed by atoms with Gasteiger partial charge >= 0.3 is 0 Å². The Morgan fingerprint density at radius 3 is 1.57 bits per heavy atom. The van der Waals surface area contributed by atoms with Crippen LogP contribution in [-0.2, 0) is 0 Å². The lowest BCUT2D eigenvalue weighted by atomic mass is 9.89. The number of rotatable bonds is 2. The predicted octanol–water partition coefficient (Wildman–Crippen LogP) is 5.98. The number of methoxy groups -OCH3 is 1. The molecular weight excluding hydrogens is 280 g/mol. The van der Waals surface area contributed by atoms with Crippen molar-refractivity contribution in [3.05, 3.63) is 78.4 Å². The Morgan fingerprint density at radius 1 is 0.609 bits per heavy atom. The van der Waals surface area contributed by atoms with Crippen molar-refractivity contribution in [1.82, 2.24) is 0 Å². The van der Waals surface area contributed by atoms with Crippen molar-refractivity contribution in [2.75, 3.05) is 7.11 Å². The molecule has 0 heterocycles. The molecule has 0 fully saturated rings. The van der Waals surface area contributed by atoms with E-state index in [4.69, 9.17) is 4.74 Å². The summed E-state index contributed by atoms with van der Waals surface area (Å²) in [5.41, 5.74) is 3.86. The zero-order valence-electron chi connectivity index (χ0n) is 13.3. The van der Waals surface area contributed by atoms with Crippen LogP contribution in [0.25, 0.3) is 32.7 Å². The van der Waals surface area contributed by atoms with Crippen LogP contribution in [0.3, 0.4) is 0 Å². The molecule has 0 aliphatic rings. The number of ether oxygens (including phenoxy) is 1. The molecule has 4 aromatic rings. The van der Waals surface area contributed by atoms with Gasteiger partial charge in [0.2, 0.25) is 0 Å². The van der Waals surface area contributed by atoms with E-state index in [9.17, 15) is 0 Å². The van der Waals surface area contributed by atoms with E-state index in [0.717, 1.165) is 5.75 Å². The van der Waals surface area contributed by atoms with Gasteiger partial charge in [0.05, 0.1) is 7.11 Å². The molecule has 0 spiro atoms. The Balaban J connectivity index is 2.15. The summed E-state index contributed by atoms with van der Waals surface area (Å²) in [6.45, 7) is 2.21. The molecule has 0 N–H and O–H groups in total. The lowest BCUT2D eigenvalue weighted by Crippen LogP contribution is -1.89. The molecule has 0 atom stereocenters. The van der Waals surface area contributed by atoms with Gasteiger partial charge in [0, 0.05) is 0 Å². The lowest BCUT2D eigenvalue weighted by Gasteiger charge is -2.15. The van der Waals surface area contributed by atoms with Gasteiger partial charge in [0.15, 0.2) is 0 Å². The van der Waals surface area contributed by atoms with Crippen molar-refractivity contribution in [3.63, 3.8) is 0 Å². The molecule has 4 aromatic carbocycles. The number of benzene rings is 4. The van der Waals surface area contributed by atoms with E-state index in [1.165, 1.54) is 38.2 Å². The summed E-state index contributed by atoms with van der Waals surface area (Å²) in [4.78, 5) is 0. The van der Waals surface area contributed by atoms with Gasteiger partial charge in [-0.2, -0.15) is 0 Å². The zero-order valence-corrected chi connectivity index (χ0v) is 13.3. The molecule has 23 heavy (non-hydrogen) atoms. The lowest BCUT2D eigenvalue weighted by molar-refractivity contribution is 0.415. The molecule has 0 aliphatic heterocycles. The van der Waals surface area contributed by atoms with Gasteiger partial charge < -0.3 is 4.74 Å². The van der Waals surface area contributed by atoms with Crippen LogP contribution in [0, 0.1) is 6.92 Å². The first-order chi connectivity index (χ1) is 11.3. The van der Waals surface area contributed by atoms with Crippen molar-refractivity contribution < 1.29 is 4.74 Å². The summed E-state index contributed by atoms with van der Waals surface area (Å²) < 4.78 is 5.30. The quantitative estimate of drug-likeness (QED) is 0.414. The first-order valence-corrected chi connectivity index (χ1v) is 7.84. The number of hydrogen-bond donors (Lipinski definition) is 0. The SMILES string of the molecule is COc1ccc(-c2c3ccccc3c(C)c3ccccc23)cc1. The van der Waals surface area contributed by atoms with Crippen LogP contribution in [0.15, 0.2) is 72.8 Å². The Labute approximate surface area is 136 Å². The fourth-order valence-electron chi connectivity index (χ4n) is 3.42. The minimum absolute atomic E-state index is 0.884. The molecule has 0 aromatic heterocycles. The van der Waals surface area contributed by atoms with Crippen molar-refractivity contribution in [2.24, 2.45) is 0 Å². The zero-order chi connectivity index (χ0) is 15.8.